The minimum atomic E-state index is -0.278. The van der Waals surface area contributed by atoms with Gasteiger partial charge >= 0.3 is 0 Å². The molecule has 0 aliphatic heterocycles. The number of para-hydroxylation sites is 1. The number of hydrogen-bond acceptors (Lipinski definition) is 4. The van der Waals surface area contributed by atoms with Crippen molar-refractivity contribution in [1.82, 2.24) is 5.32 Å². The van der Waals surface area contributed by atoms with Gasteiger partial charge in [-0.2, -0.15) is 0 Å². The second-order valence-electron chi connectivity index (χ2n) is 4.97. The Kier molecular flexibility index (Phi) is 4.19. The number of fused-ring (bicyclic) bond motifs is 1. The molecule has 23 heavy (non-hydrogen) atoms. The van der Waals surface area contributed by atoms with Crippen LogP contribution in [0.15, 0.2) is 52.9 Å². The van der Waals surface area contributed by atoms with Crippen molar-refractivity contribution in [2.75, 3.05) is 14.2 Å². The molecule has 5 nitrogen and oxygen atoms in total. The van der Waals surface area contributed by atoms with E-state index in [1.807, 2.05) is 30.3 Å². The lowest BCUT2D eigenvalue weighted by Crippen LogP contribution is -2.23. The number of carbonyl (C=O) groups is 1. The molecule has 0 bridgehead atoms. The van der Waals surface area contributed by atoms with Crippen LogP contribution >= 0.6 is 0 Å². The largest absolute Gasteiger partial charge is 0.496 e. The van der Waals surface area contributed by atoms with Crippen molar-refractivity contribution in [1.29, 1.82) is 0 Å². The van der Waals surface area contributed by atoms with Crippen molar-refractivity contribution in [3.8, 4) is 11.5 Å². The number of hydrogen-bond donors (Lipinski definition) is 1. The Morgan fingerprint density at radius 2 is 1.74 bits per heavy atom. The van der Waals surface area contributed by atoms with Gasteiger partial charge in [-0.05, 0) is 24.3 Å². The van der Waals surface area contributed by atoms with E-state index >= 15 is 0 Å². The Labute approximate surface area is 133 Å². The number of ether oxygens (including phenoxy) is 2. The van der Waals surface area contributed by atoms with Crippen LogP contribution in [0.1, 0.15) is 16.1 Å². The van der Waals surface area contributed by atoms with Crippen LogP contribution in [0.2, 0.25) is 0 Å². The molecular weight excluding hydrogens is 294 g/mol. The third kappa shape index (κ3) is 2.99. The van der Waals surface area contributed by atoms with Crippen molar-refractivity contribution in [3.63, 3.8) is 0 Å². The van der Waals surface area contributed by atoms with Crippen LogP contribution in [0.25, 0.3) is 11.0 Å². The maximum atomic E-state index is 12.5. The smallest absolute Gasteiger partial charge is 0.259 e. The van der Waals surface area contributed by atoms with E-state index in [0.29, 0.717) is 22.8 Å². The van der Waals surface area contributed by atoms with Crippen LogP contribution in [-0.2, 0) is 6.54 Å². The minimum absolute atomic E-state index is 0.278. The SMILES string of the molecule is COc1cccc(OC)c1C(=O)NCc1cc2ccccc2o1. The Hall–Kier alpha value is -2.95. The van der Waals surface area contributed by atoms with E-state index in [-0.39, 0.29) is 12.5 Å². The van der Waals surface area contributed by atoms with Gasteiger partial charge in [0, 0.05) is 5.39 Å². The molecule has 1 aromatic heterocycles. The van der Waals surface area contributed by atoms with Crippen molar-refractivity contribution in [2.45, 2.75) is 6.54 Å². The standard InChI is InChI=1S/C18H17NO4/c1-21-15-8-5-9-16(22-2)17(15)18(20)19-11-13-10-12-6-3-4-7-14(12)23-13/h3-10H,11H2,1-2H3,(H,19,20). The molecule has 2 aromatic carbocycles. The number of furan rings is 1. The number of nitrogens with one attached hydrogen (secondary N) is 1. The van der Waals surface area contributed by atoms with Gasteiger partial charge in [-0.1, -0.05) is 24.3 Å². The highest BCUT2D eigenvalue weighted by Gasteiger charge is 2.18. The van der Waals surface area contributed by atoms with Crippen LogP contribution in [0.4, 0.5) is 0 Å². The maximum Gasteiger partial charge on any atom is 0.259 e. The van der Waals surface area contributed by atoms with E-state index in [1.54, 1.807) is 18.2 Å². The third-order valence-electron chi connectivity index (χ3n) is 3.55. The van der Waals surface area contributed by atoms with E-state index in [9.17, 15) is 4.79 Å². The maximum absolute atomic E-state index is 12.5. The summed E-state index contributed by atoms with van der Waals surface area (Å²) in [4.78, 5) is 12.5. The van der Waals surface area contributed by atoms with Crippen LogP contribution < -0.4 is 14.8 Å². The lowest BCUT2D eigenvalue weighted by atomic mass is 10.1. The molecule has 1 heterocycles. The normalized spacial score (nSPS) is 10.5. The van der Waals surface area contributed by atoms with Gasteiger partial charge in [-0.15, -0.1) is 0 Å². The number of methoxy groups -OCH3 is 2. The first-order valence-electron chi connectivity index (χ1n) is 7.19. The van der Waals surface area contributed by atoms with E-state index in [1.165, 1.54) is 14.2 Å². The minimum Gasteiger partial charge on any atom is -0.496 e. The summed E-state index contributed by atoms with van der Waals surface area (Å²) in [6.45, 7) is 0.286. The summed E-state index contributed by atoms with van der Waals surface area (Å²) in [6, 6.07) is 14.8. The molecule has 3 rings (SSSR count). The van der Waals surface area contributed by atoms with Crippen LogP contribution in [0.3, 0.4) is 0 Å². The van der Waals surface area contributed by atoms with E-state index < -0.39 is 0 Å². The van der Waals surface area contributed by atoms with E-state index in [0.717, 1.165) is 11.0 Å². The number of benzene rings is 2. The van der Waals surface area contributed by atoms with Gasteiger partial charge in [0.15, 0.2) is 0 Å². The fourth-order valence-electron chi connectivity index (χ4n) is 2.45. The summed E-state index contributed by atoms with van der Waals surface area (Å²) < 4.78 is 16.2. The molecule has 1 N–H and O–H groups in total. The predicted octanol–water partition coefficient (Wildman–Crippen LogP) is 3.38. The third-order valence-corrected chi connectivity index (χ3v) is 3.55. The summed E-state index contributed by atoms with van der Waals surface area (Å²) >= 11 is 0. The Morgan fingerprint density at radius 1 is 1.04 bits per heavy atom. The zero-order valence-corrected chi connectivity index (χ0v) is 13.0. The van der Waals surface area contributed by atoms with Gasteiger partial charge in [-0.3, -0.25) is 4.79 Å². The lowest BCUT2D eigenvalue weighted by Gasteiger charge is -2.12. The summed E-state index contributed by atoms with van der Waals surface area (Å²) in [5, 5.41) is 3.84. The summed E-state index contributed by atoms with van der Waals surface area (Å²) in [5.41, 5.74) is 1.17. The molecule has 0 aliphatic carbocycles. The summed E-state index contributed by atoms with van der Waals surface area (Å²) in [6.07, 6.45) is 0. The molecule has 118 valence electrons. The van der Waals surface area contributed by atoms with Crippen LogP contribution in [0.5, 0.6) is 11.5 Å². The monoisotopic (exact) mass is 311 g/mol. The highest BCUT2D eigenvalue weighted by molar-refractivity contribution is 5.99. The zero-order chi connectivity index (χ0) is 16.2. The fourth-order valence-corrected chi connectivity index (χ4v) is 2.45. The summed E-state index contributed by atoms with van der Waals surface area (Å²) in [5.74, 6) is 1.34. The molecule has 0 saturated heterocycles. The second-order valence-corrected chi connectivity index (χ2v) is 4.97. The Bertz CT molecular complexity index is 783. The van der Waals surface area contributed by atoms with Gasteiger partial charge in [0.25, 0.3) is 5.91 Å². The molecule has 1 amide bonds. The predicted molar refractivity (Wildman–Crippen MR) is 86.9 cm³/mol. The molecule has 0 aliphatic rings. The highest BCUT2D eigenvalue weighted by Crippen LogP contribution is 2.28. The van der Waals surface area contributed by atoms with Crippen molar-refractivity contribution in [2.24, 2.45) is 0 Å². The highest BCUT2D eigenvalue weighted by atomic mass is 16.5. The Morgan fingerprint density at radius 3 is 2.39 bits per heavy atom. The molecule has 0 saturated carbocycles. The first-order chi connectivity index (χ1) is 11.2. The zero-order valence-electron chi connectivity index (χ0n) is 13.0. The molecule has 0 unspecified atom stereocenters. The first kappa shape index (κ1) is 15.0. The van der Waals surface area contributed by atoms with Crippen molar-refractivity contribution >= 4 is 16.9 Å². The number of carbonyl (C=O) groups excluding carboxylic acids is 1. The number of rotatable bonds is 5. The average Bonchev–Trinajstić information content (AvgIpc) is 3.01. The average molecular weight is 311 g/mol. The topological polar surface area (TPSA) is 60.7 Å². The van der Waals surface area contributed by atoms with E-state index in [4.69, 9.17) is 13.9 Å². The van der Waals surface area contributed by atoms with Gasteiger partial charge in [0.2, 0.25) is 0 Å². The van der Waals surface area contributed by atoms with Gasteiger partial charge in [0.05, 0.1) is 20.8 Å². The van der Waals surface area contributed by atoms with Crippen LogP contribution in [-0.4, -0.2) is 20.1 Å². The second kappa shape index (κ2) is 6.44. The van der Waals surface area contributed by atoms with E-state index in [2.05, 4.69) is 5.32 Å². The van der Waals surface area contributed by atoms with Crippen LogP contribution in [0, 0.1) is 0 Å². The summed E-state index contributed by atoms with van der Waals surface area (Å²) in [7, 11) is 3.04. The molecular formula is C18H17NO4. The lowest BCUT2D eigenvalue weighted by molar-refractivity contribution is 0.0942. The number of amides is 1. The molecule has 3 aromatic rings. The quantitative estimate of drug-likeness (QED) is 0.784. The fraction of sp³-hybridized carbons (Fsp3) is 0.167. The van der Waals surface area contributed by atoms with Gasteiger partial charge in [0.1, 0.15) is 28.4 Å². The first-order valence-corrected chi connectivity index (χ1v) is 7.19. The van der Waals surface area contributed by atoms with Crippen molar-refractivity contribution < 1.29 is 18.7 Å². The van der Waals surface area contributed by atoms with Crippen molar-refractivity contribution in [3.05, 3.63) is 59.9 Å². The molecule has 0 spiro atoms. The molecule has 0 radical (unpaired) electrons. The Balaban J connectivity index is 1.79. The molecule has 0 atom stereocenters. The van der Waals surface area contributed by atoms with Gasteiger partial charge in [-0.25, -0.2) is 0 Å². The van der Waals surface area contributed by atoms with Gasteiger partial charge < -0.3 is 19.2 Å². The molecule has 5 heteroatoms. The molecule has 0 fully saturated rings.